The Balaban J connectivity index is 1.55. The van der Waals surface area contributed by atoms with Gasteiger partial charge in [-0.15, -0.1) is 5.10 Å². The van der Waals surface area contributed by atoms with Crippen molar-refractivity contribution in [1.82, 2.24) is 29.3 Å². The molecular formula is C17H21N7O. The first kappa shape index (κ1) is 15.8. The molecule has 0 radical (unpaired) electrons. The number of hydrogen-bond acceptors (Lipinski definition) is 5. The van der Waals surface area contributed by atoms with Crippen LogP contribution in [-0.2, 0) is 6.54 Å². The average molecular weight is 339 g/mol. The van der Waals surface area contributed by atoms with Gasteiger partial charge in [-0.1, -0.05) is 11.3 Å². The molecule has 3 aromatic rings. The number of imidazole rings is 1. The van der Waals surface area contributed by atoms with Crippen molar-refractivity contribution in [2.45, 2.75) is 32.4 Å². The summed E-state index contributed by atoms with van der Waals surface area (Å²) in [5.74, 6) is -0.0352. The van der Waals surface area contributed by atoms with E-state index in [0.29, 0.717) is 18.8 Å². The van der Waals surface area contributed by atoms with E-state index in [2.05, 4.69) is 15.3 Å². The third-order valence-corrected chi connectivity index (χ3v) is 4.72. The van der Waals surface area contributed by atoms with Crippen molar-refractivity contribution in [2.75, 3.05) is 13.1 Å². The van der Waals surface area contributed by atoms with Crippen molar-refractivity contribution in [1.29, 1.82) is 0 Å². The molecular weight excluding hydrogens is 318 g/mol. The summed E-state index contributed by atoms with van der Waals surface area (Å²) < 4.78 is 3.73. The molecule has 2 N–H and O–H groups in total. The van der Waals surface area contributed by atoms with Crippen LogP contribution in [0.5, 0.6) is 0 Å². The number of nitrogens with two attached hydrogens (primary N) is 1. The molecule has 1 unspecified atom stereocenters. The minimum absolute atomic E-state index is 0.0352. The fourth-order valence-corrected chi connectivity index (χ4v) is 3.36. The second kappa shape index (κ2) is 6.29. The highest BCUT2D eigenvalue weighted by atomic mass is 16.2. The number of carbonyl (C=O) groups is 1. The maximum Gasteiger partial charge on any atom is 0.274 e. The van der Waals surface area contributed by atoms with Crippen molar-refractivity contribution in [2.24, 2.45) is 5.73 Å². The summed E-state index contributed by atoms with van der Waals surface area (Å²) >= 11 is 0. The standard InChI is InChI=1S/C17H21N7O/c1-12-4-2-6-22-11-15(19-16(12)22)17(25)23-7-3-5-14(10-23)24-9-13(8-18)20-21-24/h2,4,6,9,11,14H,3,5,7-8,10,18H2,1H3. The van der Waals surface area contributed by atoms with Crippen LogP contribution in [0, 0.1) is 6.92 Å². The lowest BCUT2D eigenvalue weighted by Gasteiger charge is -2.32. The number of rotatable bonds is 3. The summed E-state index contributed by atoms with van der Waals surface area (Å²) in [7, 11) is 0. The van der Waals surface area contributed by atoms with E-state index in [1.165, 1.54) is 0 Å². The lowest BCUT2D eigenvalue weighted by molar-refractivity contribution is 0.0666. The number of hydrogen-bond donors (Lipinski definition) is 1. The number of carbonyl (C=O) groups excluding carboxylic acids is 1. The Morgan fingerprint density at radius 2 is 2.28 bits per heavy atom. The minimum atomic E-state index is -0.0352. The number of pyridine rings is 1. The molecule has 8 heteroatoms. The van der Waals surface area contributed by atoms with Gasteiger partial charge in [0, 0.05) is 32.0 Å². The van der Waals surface area contributed by atoms with Gasteiger partial charge in [0.1, 0.15) is 11.3 Å². The third-order valence-electron chi connectivity index (χ3n) is 4.72. The quantitative estimate of drug-likeness (QED) is 0.773. The van der Waals surface area contributed by atoms with Crippen molar-refractivity contribution in [3.05, 3.63) is 47.7 Å². The highest BCUT2D eigenvalue weighted by Crippen LogP contribution is 2.22. The van der Waals surface area contributed by atoms with Gasteiger partial charge < -0.3 is 15.0 Å². The highest BCUT2D eigenvalue weighted by Gasteiger charge is 2.27. The summed E-state index contributed by atoms with van der Waals surface area (Å²) in [5, 5.41) is 8.20. The molecule has 0 aromatic carbocycles. The lowest BCUT2D eigenvalue weighted by Crippen LogP contribution is -2.41. The van der Waals surface area contributed by atoms with E-state index in [4.69, 9.17) is 5.73 Å². The molecule has 1 aliphatic rings. The highest BCUT2D eigenvalue weighted by molar-refractivity contribution is 5.93. The molecule has 0 aliphatic carbocycles. The van der Waals surface area contributed by atoms with Gasteiger partial charge in [0.15, 0.2) is 0 Å². The first-order chi connectivity index (χ1) is 12.2. The topological polar surface area (TPSA) is 94.3 Å². The molecule has 3 aromatic heterocycles. The van der Waals surface area contributed by atoms with E-state index in [9.17, 15) is 4.79 Å². The fraction of sp³-hybridized carbons (Fsp3) is 0.412. The molecule has 8 nitrogen and oxygen atoms in total. The minimum Gasteiger partial charge on any atom is -0.335 e. The Morgan fingerprint density at radius 1 is 1.40 bits per heavy atom. The van der Waals surface area contributed by atoms with Crippen molar-refractivity contribution in [3.63, 3.8) is 0 Å². The van der Waals surface area contributed by atoms with Gasteiger partial charge in [-0.2, -0.15) is 0 Å². The fourth-order valence-electron chi connectivity index (χ4n) is 3.36. The third kappa shape index (κ3) is 2.89. The number of fused-ring (bicyclic) bond motifs is 1. The van der Waals surface area contributed by atoms with Crippen molar-refractivity contribution >= 4 is 11.6 Å². The Kier molecular flexibility index (Phi) is 3.96. The van der Waals surface area contributed by atoms with Crippen LogP contribution in [0.4, 0.5) is 0 Å². The largest absolute Gasteiger partial charge is 0.335 e. The van der Waals surface area contributed by atoms with E-state index >= 15 is 0 Å². The number of likely N-dealkylation sites (tertiary alicyclic amines) is 1. The first-order valence-electron chi connectivity index (χ1n) is 8.50. The van der Waals surface area contributed by atoms with Gasteiger partial charge in [-0.05, 0) is 31.4 Å². The first-order valence-corrected chi connectivity index (χ1v) is 8.50. The molecule has 25 heavy (non-hydrogen) atoms. The Labute approximate surface area is 145 Å². The molecule has 4 rings (SSSR count). The summed E-state index contributed by atoms with van der Waals surface area (Å²) in [4.78, 5) is 19.3. The smallest absolute Gasteiger partial charge is 0.274 e. The van der Waals surface area contributed by atoms with Crippen LogP contribution >= 0.6 is 0 Å². The SMILES string of the molecule is Cc1cccn2cc(C(=O)N3CCCC(n4cc(CN)nn4)C3)nc12. The lowest BCUT2D eigenvalue weighted by atomic mass is 10.1. The van der Waals surface area contributed by atoms with Crippen LogP contribution in [0.1, 0.15) is 40.6 Å². The van der Waals surface area contributed by atoms with Gasteiger partial charge in [-0.25, -0.2) is 9.67 Å². The number of piperidine rings is 1. The molecule has 0 bridgehead atoms. The average Bonchev–Trinajstić information content (AvgIpc) is 3.29. The van der Waals surface area contributed by atoms with Crippen LogP contribution in [0.2, 0.25) is 0 Å². The molecule has 130 valence electrons. The van der Waals surface area contributed by atoms with E-state index < -0.39 is 0 Å². The summed E-state index contributed by atoms with van der Waals surface area (Å²) in [6.45, 7) is 3.71. The number of aromatic nitrogens is 5. The van der Waals surface area contributed by atoms with Crippen molar-refractivity contribution in [3.8, 4) is 0 Å². The van der Waals surface area contributed by atoms with Gasteiger partial charge >= 0.3 is 0 Å². The van der Waals surface area contributed by atoms with E-state index in [0.717, 1.165) is 36.3 Å². The van der Waals surface area contributed by atoms with Gasteiger partial charge in [0.25, 0.3) is 5.91 Å². The molecule has 1 saturated heterocycles. The molecule has 1 amide bonds. The number of nitrogens with zero attached hydrogens (tertiary/aromatic N) is 6. The molecule has 0 spiro atoms. The van der Waals surface area contributed by atoms with Gasteiger partial charge in [0.2, 0.25) is 0 Å². The molecule has 1 fully saturated rings. The van der Waals surface area contributed by atoms with E-state index in [1.54, 1.807) is 6.20 Å². The molecule has 0 saturated carbocycles. The Hall–Kier alpha value is -2.74. The van der Waals surface area contributed by atoms with Crippen LogP contribution in [-0.4, -0.2) is 48.3 Å². The second-order valence-electron chi connectivity index (χ2n) is 6.49. The zero-order valence-electron chi connectivity index (χ0n) is 14.2. The van der Waals surface area contributed by atoms with Crippen LogP contribution in [0.3, 0.4) is 0 Å². The van der Waals surface area contributed by atoms with Gasteiger partial charge in [0.05, 0.1) is 17.9 Å². The predicted molar refractivity (Wildman–Crippen MR) is 92.0 cm³/mol. The van der Waals surface area contributed by atoms with E-state index in [1.807, 2.05) is 45.4 Å². The van der Waals surface area contributed by atoms with Crippen molar-refractivity contribution < 1.29 is 4.79 Å². The van der Waals surface area contributed by atoms with Gasteiger partial charge in [-0.3, -0.25) is 4.79 Å². The summed E-state index contributed by atoms with van der Waals surface area (Å²) in [6.07, 6.45) is 7.49. The molecule has 1 atom stereocenters. The van der Waals surface area contributed by atoms with Crippen LogP contribution in [0.25, 0.3) is 5.65 Å². The summed E-state index contributed by atoms with van der Waals surface area (Å²) in [5.41, 5.74) is 8.72. The van der Waals surface area contributed by atoms with Crippen LogP contribution in [0.15, 0.2) is 30.7 Å². The summed E-state index contributed by atoms with van der Waals surface area (Å²) in [6, 6.07) is 4.08. The Bertz CT molecular complexity index is 913. The number of amides is 1. The maximum atomic E-state index is 12.9. The monoisotopic (exact) mass is 339 g/mol. The maximum absolute atomic E-state index is 12.9. The van der Waals surface area contributed by atoms with E-state index in [-0.39, 0.29) is 11.9 Å². The molecule has 4 heterocycles. The second-order valence-corrected chi connectivity index (χ2v) is 6.49. The zero-order valence-corrected chi connectivity index (χ0v) is 14.2. The van der Waals surface area contributed by atoms with Crippen LogP contribution < -0.4 is 5.73 Å². The number of aryl methyl sites for hydroxylation is 1. The predicted octanol–water partition coefficient (Wildman–Crippen LogP) is 1.17. The zero-order chi connectivity index (χ0) is 17.4. The molecule has 1 aliphatic heterocycles. The Morgan fingerprint density at radius 3 is 3.04 bits per heavy atom. The normalized spacial score (nSPS) is 18.0.